The van der Waals surface area contributed by atoms with Gasteiger partial charge in [0.15, 0.2) is 6.61 Å². The molecular weight excluding hydrogens is 352 g/mol. The van der Waals surface area contributed by atoms with E-state index in [1.165, 1.54) is 26.4 Å². The number of amides is 3. The third-order valence-electron chi connectivity index (χ3n) is 4.64. The van der Waals surface area contributed by atoms with Gasteiger partial charge in [-0.2, -0.15) is 0 Å². The van der Waals surface area contributed by atoms with Crippen molar-refractivity contribution in [1.29, 1.82) is 0 Å². The minimum atomic E-state index is -0.731. The molecule has 1 aliphatic rings. The first-order chi connectivity index (χ1) is 12.9. The van der Waals surface area contributed by atoms with Gasteiger partial charge in [-0.25, -0.2) is 9.59 Å². The third-order valence-corrected chi connectivity index (χ3v) is 4.64. The highest BCUT2D eigenvalue weighted by Gasteiger charge is 2.23. The molecule has 0 bridgehead atoms. The molecule has 1 aromatic carbocycles. The first-order valence-corrected chi connectivity index (χ1v) is 8.94. The van der Waals surface area contributed by atoms with E-state index in [0.717, 1.165) is 25.7 Å². The third kappa shape index (κ3) is 5.87. The van der Waals surface area contributed by atoms with E-state index >= 15 is 0 Å². The van der Waals surface area contributed by atoms with Crippen LogP contribution in [0.15, 0.2) is 18.2 Å². The lowest BCUT2D eigenvalue weighted by Gasteiger charge is -2.29. The van der Waals surface area contributed by atoms with Gasteiger partial charge in [-0.05, 0) is 30.9 Å². The molecule has 2 N–H and O–H groups in total. The van der Waals surface area contributed by atoms with E-state index in [-0.39, 0.29) is 17.4 Å². The number of urea groups is 1. The molecule has 0 unspecified atom stereocenters. The Bertz CT molecular complexity index is 691. The van der Waals surface area contributed by atoms with Crippen LogP contribution in [0.2, 0.25) is 0 Å². The van der Waals surface area contributed by atoms with Crippen molar-refractivity contribution in [3.63, 3.8) is 0 Å². The van der Waals surface area contributed by atoms with Crippen molar-refractivity contribution in [2.45, 2.75) is 38.6 Å². The zero-order valence-electron chi connectivity index (χ0n) is 15.9. The molecule has 8 nitrogen and oxygen atoms in total. The summed E-state index contributed by atoms with van der Waals surface area (Å²) in [6, 6.07) is 4.08. The summed E-state index contributed by atoms with van der Waals surface area (Å²) in [6.07, 6.45) is 4.17. The number of benzene rings is 1. The number of imide groups is 1. The SMILES string of the molecule is COc1ccc(C(=O)OCC(=O)NC(=O)N[C@@H]2CCCC[C@@H]2C)c(OC)c1. The lowest BCUT2D eigenvalue weighted by atomic mass is 9.86. The van der Waals surface area contributed by atoms with E-state index in [9.17, 15) is 14.4 Å². The molecule has 0 saturated heterocycles. The maximum absolute atomic E-state index is 12.2. The van der Waals surface area contributed by atoms with Crippen molar-refractivity contribution in [2.75, 3.05) is 20.8 Å². The zero-order valence-corrected chi connectivity index (χ0v) is 15.9. The second-order valence-corrected chi connectivity index (χ2v) is 6.53. The summed E-state index contributed by atoms with van der Waals surface area (Å²) >= 11 is 0. The molecule has 2 atom stereocenters. The summed E-state index contributed by atoms with van der Waals surface area (Å²) in [5, 5.41) is 4.99. The van der Waals surface area contributed by atoms with E-state index in [1.54, 1.807) is 6.07 Å². The van der Waals surface area contributed by atoms with E-state index in [2.05, 4.69) is 17.6 Å². The van der Waals surface area contributed by atoms with E-state index < -0.39 is 24.5 Å². The standard InChI is InChI=1S/C19H26N2O6/c1-12-6-4-5-7-15(12)20-19(24)21-17(22)11-27-18(23)14-9-8-13(25-2)10-16(14)26-3/h8-10,12,15H,4-7,11H2,1-3H3,(H2,20,21,22,24)/t12-,15+/m0/s1. The Kier molecular flexibility index (Phi) is 7.45. The lowest BCUT2D eigenvalue weighted by molar-refractivity contribution is -0.123. The second kappa shape index (κ2) is 9.80. The fourth-order valence-electron chi connectivity index (χ4n) is 3.07. The van der Waals surface area contributed by atoms with Crippen LogP contribution in [0, 0.1) is 5.92 Å². The van der Waals surface area contributed by atoms with Gasteiger partial charge in [0, 0.05) is 12.1 Å². The molecule has 1 aromatic rings. The topological polar surface area (TPSA) is 103 Å². The fraction of sp³-hybridized carbons (Fsp3) is 0.526. The second-order valence-electron chi connectivity index (χ2n) is 6.53. The molecule has 1 fully saturated rings. The largest absolute Gasteiger partial charge is 0.497 e. The van der Waals surface area contributed by atoms with Gasteiger partial charge in [0.25, 0.3) is 5.91 Å². The van der Waals surface area contributed by atoms with Crippen molar-refractivity contribution in [3.8, 4) is 11.5 Å². The molecule has 0 radical (unpaired) electrons. The molecule has 8 heteroatoms. The van der Waals surface area contributed by atoms with Gasteiger partial charge in [0.05, 0.1) is 14.2 Å². The molecule has 148 valence electrons. The van der Waals surface area contributed by atoms with Crippen LogP contribution in [0.1, 0.15) is 43.0 Å². The van der Waals surface area contributed by atoms with E-state index in [4.69, 9.17) is 14.2 Å². The highest BCUT2D eigenvalue weighted by atomic mass is 16.5. The van der Waals surface area contributed by atoms with Crippen LogP contribution in [0.3, 0.4) is 0 Å². The molecule has 0 spiro atoms. The number of carbonyl (C=O) groups is 3. The first-order valence-electron chi connectivity index (χ1n) is 8.94. The average Bonchev–Trinajstić information content (AvgIpc) is 2.67. The fourth-order valence-corrected chi connectivity index (χ4v) is 3.07. The monoisotopic (exact) mass is 378 g/mol. The molecule has 1 aliphatic carbocycles. The number of rotatable bonds is 6. The van der Waals surface area contributed by atoms with Crippen LogP contribution < -0.4 is 20.1 Å². The molecule has 27 heavy (non-hydrogen) atoms. The molecule has 1 saturated carbocycles. The molecule has 0 heterocycles. The Balaban J connectivity index is 1.82. The van der Waals surface area contributed by atoms with Gasteiger partial charge in [0.1, 0.15) is 17.1 Å². The van der Waals surface area contributed by atoms with Crippen LogP contribution in [0.5, 0.6) is 11.5 Å². The summed E-state index contributed by atoms with van der Waals surface area (Å²) in [5.74, 6) is -0.263. The Morgan fingerprint density at radius 1 is 1.11 bits per heavy atom. The Morgan fingerprint density at radius 2 is 1.85 bits per heavy atom. The normalized spacial score (nSPS) is 18.9. The summed E-state index contributed by atoms with van der Waals surface area (Å²) in [7, 11) is 2.91. The van der Waals surface area contributed by atoms with Crippen LogP contribution in [-0.4, -0.2) is 44.8 Å². The minimum absolute atomic E-state index is 0.0534. The molecule has 0 aromatic heterocycles. The number of hydrogen-bond donors (Lipinski definition) is 2. The van der Waals surface area contributed by atoms with Crippen molar-refractivity contribution in [2.24, 2.45) is 5.92 Å². The Labute approximate surface area is 158 Å². The first kappa shape index (κ1) is 20.5. The molecule has 3 amide bonds. The van der Waals surface area contributed by atoms with Crippen LogP contribution in [0.25, 0.3) is 0 Å². The van der Waals surface area contributed by atoms with Crippen molar-refractivity contribution < 1.29 is 28.6 Å². The number of carbonyl (C=O) groups excluding carboxylic acids is 3. The van der Waals surface area contributed by atoms with Gasteiger partial charge < -0.3 is 19.5 Å². The van der Waals surface area contributed by atoms with Gasteiger partial charge in [0.2, 0.25) is 0 Å². The number of ether oxygens (including phenoxy) is 3. The molecule has 0 aliphatic heterocycles. The quantitative estimate of drug-likeness (QED) is 0.736. The van der Waals surface area contributed by atoms with Gasteiger partial charge in [-0.1, -0.05) is 19.8 Å². The summed E-state index contributed by atoms with van der Waals surface area (Å²) in [4.78, 5) is 36.0. The number of nitrogens with one attached hydrogen (secondary N) is 2. The highest BCUT2D eigenvalue weighted by molar-refractivity contribution is 5.98. The maximum atomic E-state index is 12.2. The number of hydrogen-bond acceptors (Lipinski definition) is 6. The molecular formula is C19H26N2O6. The predicted molar refractivity (Wildman–Crippen MR) is 97.9 cm³/mol. The Hall–Kier alpha value is -2.77. The zero-order chi connectivity index (χ0) is 19.8. The maximum Gasteiger partial charge on any atom is 0.342 e. The summed E-state index contributed by atoms with van der Waals surface area (Å²) in [5.41, 5.74) is 0.159. The Morgan fingerprint density at radius 3 is 2.52 bits per heavy atom. The molecule has 2 rings (SSSR count). The lowest BCUT2D eigenvalue weighted by Crippen LogP contribution is -2.48. The summed E-state index contributed by atoms with van der Waals surface area (Å²) in [6.45, 7) is 1.51. The average molecular weight is 378 g/mol. The van der Waals surface area contributed by atoms with Crippen molar-refractivity contribution in [3.05, 3.63) is 23.8 Å². The van der Waals surface area contributed by atoms with Gasteiger partial charge in [-0.15, -0.1) is 0 Å². The smallest absolute Gasteiger partial charge is 0.342 e. The number of methoxy groups -OCH3 is 2. The van der Waals surface area contributed by atoms with Crippen molar-refractivity contribution >= 4 is 17.9 Å². The van der Waals surface area contributed by atoms with Gasteiger partial charge in [-0.3, -0.25) is 10.1 Å². The minimum Gasteiger partial charge on any atom is -0.497 e. The predicted octanol–water partition coefficient (Wildman–Crippen LogP) is 2.27. The van der Waals surface area contributed by atoms with Crippen LogP contribution >= 0.6 is 0 Å². The van der Waals surface area contributed by atoms with Crippen LogP contribution in [-0.2, 0) is 9.53 Å². The number of esters is 1. The van der Waals surface area contributed by atoms with Gasteiger partial charge >= 0.3 is 12.0 Å². The summed E-state index contributed by atoms with van der Waals surface area (Å²) < 4.78 is 15.2. The highest BCUT2D eigenvalue weighted by Crippen LogP contribution is 2.25. The van der Waals surface area contributed by atoms with E-state index in [0.29, 0.717) is 11.7 Å². The van der Waals surface area contributed by atoms with Crippen molar-refractivity contribution in [1.82, 2.24) is 10.6 Å². The van der Waals surface area contributed by atoms with Crippen LogP contribution in [0.4, 0.5) is 4.79 Å². The van der Waals surface area contributed by atoms with E-state index in [1.807, 2.05) is 0 Å².